The van der Waals surface area contributed by atoms with Crippen LogP contribution in [-0.4, -0.2) is 60.8 Å². The lowest BCUT2D eigenvalue weighted by Crippen LogP contribution is -2.41. The van der Waals surface area contributed by atoms with E-state index in [0.717, 1.165) is 44.1 Å². The van der Waals surface area contributed by atoms with Gasteiger partial charge in [0.1, 0.15) is 17.5 Å². The molecule has 2 aliphatic heterocycles. The molecule has 0 bridgehead atoms. The molecule has 2 fully saturated rings. The Morgan fingerprint density at radius 2 is 1.56 bits per heavy atom. The molecule has 1 amide bonds. The second-order valence-electron chi connectivity index (χ2n) is 14.6. The van der Waals surface area contributed by atoms with Crippen molar-refractivity contribution in [3.05, 3.63) is 71.5 Å². The van der Waals surface area contributed by atoms with Crippen LogP contribution >= 0.6 is 0 Å². The second-order valence-corrected chi connectivity index (χ2v) is 14.6. The summed E-state index contributed by atoms with van der Waals surface area (Å²) in [4.78, 5) is 25.7. The fourth-order valence-corrected chi connectivity index (χ4v) is 6.75. The maximum absolute atomic E-state index is 14.6. The molecule has 2 aromatic rings. The summed E-state index contributed by atoms with van der Waals surface area (Å²) in [6, 6.07) is 15.9. The highest BCUT2D eigenvalue weighted by Crippen LogP contribution is 2.35. The lowest BCUT2D eigenvalue weighted by Gasteiger charge is -2.31. The van der Waals surface area contributed by atoms with Gasteiger partial charge in [-0.25, -0.2) is 14.0 Å². The van der Waals surface area contributed by atoms with Crippen LogP contribution in [0.5, 0.6) is 0 Å². The van der Waals surface area contributed by atoms with E-state index in [4.69, 9.17) is 23.7 Å². The SMILES string of the molecule is CCC[C@H](C[C@@H]1CC[C@H]([C@@H](C)[C@@H](C[C@@H]2CC[C@H]([C@@H](C)COCc3ccccc3)O2)OC(=O)c2ccccc2F)O1)NC(=O)OC(C)(C)C. The molecule has 0 saturated carbocycles. The zero-order valence-corrected chi connectivity index (χ0v) is 29.6. The Balaban J connectivity index is 1.36. The number of benzene rings is 2. The van der Waals surface area contributed by atoms with E-state index in [2.05, 4.69) is 31.3 Å². The van der Waals surface area contributed by atoms with Gasteiger partial charge in [-0.1, -0.05) is 69.7 Å². The smallest absolute Gasteiger partial charge is 0.407 e. The number of hydrogen-bond donors (Lipinski definition) is 1. The van der Waals surface area contributed by atoms with Crippen molar-refractivity contribution in [3.8, 4) is 0 Å². The molecule has 8 nitrogen and oxygen atoms in total. The van der Waals surface area contributed by atoms with E-state index in [9.17, 15) is 14.0 Å². The third-order valence-electron chi connectivity index (χ3n) is 9.33. The van der Waals surface area contributed by atoms with Gasteiger partial charge in [0, 0.05) is 24.3 Å². The molecule has 2 saturated heterocycles. The Bertz CT molecular complexity index is 1280. The highest BCUT2D eigenvalue weighted by Gasteiger charge is 2.40. The monoisotopic (exact) mass is 669 g/mol. The summed E-state index contributed by atoms with van der Waals surface area (Å²) >= 11 is 0. The molecule has 266 valence electrons. The Kier molecular flexibility index (Phi) is 14.3. The highest BCUT2D eigenvalue weighted by molar-refractivity contribution is 5.89. The topological polar surface area (TPSA) is 92.3 Å². The van der Waals surface area contributed by atoms with Crippen LogP contribution in [0.3, 0.4) is 0 Å². The van der Waals surface area contributed by atoms with Crippen molar-refractivity contribution in [2.75, 3.05) is 6.61 Å². The summed E-state index contributed by atoms with van der Waals surface area (Å²) in [5.41, 5.74) is 0.488. The summed E-state index contributed by atoms with van der Waals surface area (Å²) < 4.78 is 45.2. The van der Waals surface area contributed by atoms with Crippen LogP contribution in [0, 0.1) is 17.7 Å². The number of amides is 1. The van der Waals surface area contributed by atoms with E-state index >= 15 is 0 Å². The average molecular weight is 670 g/mol. The first kappa shape index (κ1) is 37.8. The van der Waals surface area contributed by atoms with Gasteiger partial charge in [-0.15, -0.1) is 0 Å². The van der Waals surface area contributed by atoms with Crippen LogP contribution in [-0.2, 0) is 30.3 Å². The molecule has 8 atom stereocenters. The van der Waals surface area contributed by atoms with Crippen molar-refractivity contribution in [1.82, 2.24) is 5.32 Å². The first-order valence-corrected chi connectivity index (χ1v) is 17.8. The first-order chi connectivity index (χ1) is 22.9. The number of ether oxygens (including phenoxy) is 5. The number of carbonyl (C=O) groups is 2. The number of rotatable bonds is 16. The summed E-state index contributed by atoms with van der Waals surface area (Å²) in [5.74, 6) is -1.23. The maximum atomic E-state index is 14.6. The predicted molar refractivity (Wildman–Crippen MR) is 183 cm³/mol. The van der Waals surface area contributed by atoms with Gasteiger partial charge in [-0.2, -0.15) is 0 Å². The molecule has 0 aliphatic carbocycles. The minimum atomic E-state index is -0.679. The summed E-state index contributed by atoms with van der Waals surface area (Å²) in [6.07, 6.45) is 5.08. The van der Waals surface area contributed by atoms with E-state index in [1.54, 1.807) is 12.1 Å². The molecule has 0 unspecified atom stereocenters. The number of alkyl carbamates (subject to hydrolysis) is 1. The lowest BCUT2D eigenvalue weighted by atomic mass is 9.91. The fraction of sp³-hybridized carbons (Fsp3) is 0.641. The Morgan fingerprint density at radius 3 is 2.25 bits per heavy atom. The number of nitrogens with one attached hydrogen (secondary N) is 1. The molecule has 0 aromatic heterocycles. The van der Waals surface area contributed by atoms with Gasteiger partial charge in [0.2, 0.25) is 0 Å². The quantitative estimate of drug-likeness (QED) is 0.180. The van der Waals surface area contributed by atoms with Gasteiger partial charge in [0.15, 0.2) is 0 Å². The Hall–Kier alpha value is -3.01. The van der Waals surface area contributed by atoms with Gasteiger partial charge >= 0.3 is 12.1 Å². The highest BCUT2D eigenvalue weighted by atomic mass is 19.1. The third kappa shape index (κ3) is 11.8. The van der Waals surface area contributed by atoms with Crippen molar-refractivity contribution in [2.24, 2.45) is 11.8 Å². The zero-order chi connectivity index (χ0) is 34.7. The minimum absolute atomic E-state index is 0.0454. The Morgan fingerprint density at radius 1 is 0.917 bits per heavy atom. The van der Waals surface area contributed by atoms with Crippen molar-refractivity contribution in [3.63, 3.8) is 0 Å². The first-order valence-electron chi connectivity index (χ1n) is 17.8. The van der Waals surface area contributed by atoms with Crippen LogP contribution in [0.2, 0.25) is 0 Å². The molecule has 1 N–H and O–H groups in total. The normalized spacial score (nSPS) is 23.6. The van der Waals surface area contributed by atoms with E-state index in [1.165, 1.54) is 12.1 Å². The van der Waals surface area contributed by atoms with Crippen molar-refractivity contribution >= 4 is 12.1 Å². The van der Waals surface area contributed by atoms with E-state index in [0.29, 0.717) is 26.1 Å². The van der Waals surface area contributed by atoms with Gasteiger partial charge in [0.25, 0.3) is 0 Å². The molecule has 2 heterocycles. The van der Waals surface area contributed by atoms with Crippen LogP contribution in [0.25, 0.3) is 0 Å². The van der Waals surface area contributed by atoms with Crippen LogP contribution in [0.1, 0.15) is 109 Å². The number of halogens is 1. The predicted octanol–water partition coefficient (Wildman–Crippen LogP) is 8.41. The van der Waals surface area contributed by atoms with Gasteiger partial charge < -0.3 is 29.0 Å². The molecule has 48 heavy (non-hydrogen) atoms. The fourth-order valence-electron chi connectivity index (χ4n) is 6.75. The second kappa shape index (κ2) is 18.1. The molecule has 0 radical (unpaired) electrons. The maximum Gasteiger partial charge on any atom is 0.407 e. The van der Waals surface area contributed by atoms with E-state index in [-0.39, 0.29) is 47.9 Å². The van der Waals surface area contributed by atoms with E-state index < -0.39 is 29.6 Å². The van der Waals surface area contributed by atoms with Gasteiger partial charge in [0.05, 0.1) is 43.2 Å². The Labute approximate surface area is 286 Å². The van der Waals surface area contributed by atoms with Gasteiger partial charge in [-0.3, -0.25) is 0 Å². The molecule has 9 heteroatoms. The molecule has 2 aliphatic rings. The average Bonchev–Trinajstić information content (AvgIpc) is 3.70. The van der Waals surface area contributed by atoms with Crippen molar-refractivity contribution < 1.29 is 37.7 Å². The molecule has 4 rings (SSSR count). The van der Waals surface area contributed by atoms with Crippen LogP contribution in [0.15, 0.2) is 54.6 Å². The molecular formula is C39H56FNO7. The van der Waals surface area contributed by atoms with Crippen LogP contribution < -0.4 is 5.32 Å². The molecule has 0 spiro atoms. The largest absolute Gasteiger partial charge is 0.458 e. The summed E-state index contributed by atoms with van der Waals surface area (Å²) in [6.45, 7) is 13.0. The van der Waals surface area contributed by atoms with Crippen LogP contribution in [0.4, 0.5) is 9.18 Å². The van der Waals surface area contributed by atoms with Crippen molar-refractivity contribution in [1.29, 1.82) is 0 Å². The number of hydrogen-bond acceptors (Lipinski definition) is 7. The van der Waals surface area contributed by atoms with E-state index in [1.807, 2.05) is 45.9 Å². The lowest BCUT2D eigenvalue weighted by molar-refractivity contribution is -0.0700. The summed E-state index contributed by atoms with van der Waals surface area (Å²) in [5, 5.41) is 3.03. The van der Waals surface area contributed by atoms with Crippen molar-refractivity contribution in [2.45, 2.75) is 142 Å². The number of carbonyl (C=O) groups excluding carboxylic acids is 2. The zero-order valence-electron chi connectivity index (χ0n) is 29.6. The molecule has 2 aromatic carbocycles. The number of esters is 1. The molecular weight excluding hydrogens is 613 g/mol. The minimum Gasteiger partial charge on any atom is -0.458 e. The summed E-state index contributed by atoms with van der Waals surface area (Å²) in [7, 11) is 0. The third-order valence-corrected chi connectivity index (χ3v) is 9.33. The van der Waals surface area contributed by atoms with Gasteiger partial charge in [-0.05, 0) is 77.0 Å². The standard InChI is InChI=1S/C39H56FNO7/c1-7-13-29(41-38(43)48-39(4,5)6)22-30-19-21-35(46-30)27(3)36(47-37(42)32-16-11-12-17-33(32)40)23-31-18-20-34(45-31)26(2)24-44-25-28-14-9-8-10-15-28/h8-12,14-17,26-27,29-31,34-36H,7,13,18-25H2,1-6H3,(H,41,43)/t26-,27+,29+,30-,31-,34+,35+,36+/m0/s1.